The molecule has 0 aromatic rings. The van der Waals surface area contributed by atoms with Crippen molar-refractivity contribution in [3.63, 3.8) is 0 Å². The highest BCUT2D eigenvalue weighted by molar-refractivity contribution is 5.77. The van der Waals surface area contributed by atoms with Crippen LogP contribution in [0, 0.1) is 75.9 Å². The summed E-state index contributed by atoms with van der Waals surface area (Å²) >= 11 is 0. The van der Waals surface area contributed by atoms with Crippen molar-refractivity contribution in [3.8, 4) is 0 Å². The molecule has 6 fully saturated rings. The zero-order valence-corrected chi connectivity index (χ0v) is 34.2. The van der Waals surface area contributed by atoms with Crippen molar-refractivity contribution < 1.29 is 28.5 Å². The molecule has 0 bridgehead atoms. The van der Waals surface area contributed by atoms with Crippen molar-refractivity contribution in [1.82, 2.24) is 0 Å². The molecule has 0 amide bonds. The molecule has 2 saturated heterocycles. The molecule has 6 heteroatoms. The van der Waals surface area contributed by atoms with E-state index in [-0.39, 0.29) is 54.6 Å². The van der Waals surface area contributed by atoms with Crippen LogP contribution in [0.3, 0.4) is 0 Å². The smallest absolute Gasteiger partial charge is 0.308 e. The van der Waals surface area contributed by atoms with Crippen LogP contribution in [0.2, 0.25) is 0 Å². The fourth-order valence-corrected chi connectivity index (χ4v) is 14.0. The molecule has 2 aliphatic heterocycles. The quantitative estimate of drug-likeness (QED) is 0.165. The van der Waals surface area contributed by atoms with Gasteiger partial charge in [0.15, 0.2) is 6.29 Å². The number of rotatable bonds is 10. The van der Waals surface area contributed by atoms with Gasteiger partial charge < -0.3 is 18.9 Å². The number of carbonyl (C=O) groups is 2. The average Bonchev–Trinajstić information content (AvgIpc) is 3.36. The Morgan fingerprint density at radius 3 is 2.33 bits per heavy atom. The van der Waals surface area contributed by atoms with Gasteiger partial charge in [0.25, 0.3) is 0 Å². The topological polar surface area (TPSA) is 71.1 Å². The third-order valence-corrected chi connectivity index (χ3v) is 17.0. The molecule has 52 heavy (non-hydrogen) atoms. The van der Waals surface area contributed by atoms with E-state index in [9.17, 15) is 9.59 Å². The average molecular weight is 723 g/mol. The number of hydrogen-bond acceptors (Lipinski definition) is 6. The van der Waals surface area contributed by atoms with Crippen molar-refractivity contribution in [3.05, 3.63) is 11.6 Å². The molecular formula is C46H74O6. The Bertz CT molecular complexity index is 1310. The Labute approximate surface area is 316 Å². The van der Waals surface area contributed by atoms with Crippen LogP contribution in [-0.4, -0.2) is 36.7 Å². The van der Waals surface area contributed by atoms with Gasteiger partial charge in [-0.2, -0.15) is 0 Å². The predicted molar refractivity (Wildman–Crippen MR) is 205 cm³/mol. The maximum atomic E-state index is 13.1. The summed E-state index contributed by atoms with van der Waals surface area (Å²) in [4.78, 5) is 26.2. The maximum Gasteiger partial charge on any atom is 0.308 e. The summed E-state index contributed by atoms with van der Waals surface area (Å²) in [7, 11) is 0. The highest BCUT2D eigenvalue weighted by Gasteiger charge is 2.59. The Kier molecular flexibility index (Phi) is 11.7. The standard InChI is InChI=1S/C46H74O6/c1-27(2)10-9-11-29(4)37-18-19-38-36-17-14-32-26-33(22-24-45(32,7)39(36)23-25-46(37,38)8)50-40(47)20-21-41(48)51-43-31(6)35-15-12-28(3)34-16-13-30(5)49-44(52-43)42(34)35/h14,27-31,33-39,42-44H,9-13,15-26H2,1-8H3/t28-,29-,30+,31-,33+,34?,35+,36+,37-,38+,39+,42?,43-,44+,45+,46-/m1/s1. The second-order valence-corrected chi connectivity index (χ2v) is 20.3. The van der Waals surface area contributed by atoms with Crippen LogP contribution in [0.1, 0.15) is 165 Å². The van der Waals surface area contributed by atoms with E-state index in [0.29, 0.717) is 29.1 Å². The summed E-state index contributed by atoms with van der Waals surface area (Å²) in [5.74, 6) is 6.44. The Morgan fingerprint density at radius 1 is 0.808 bits per heavy atom. The van der Waals surface area contributed by atoms with E-state index in [2.05, 4.69) is 61.5 Å². The van der Waals surface area contributed by atoms with E-state index in [4.69, 9.17) is 18.9 Å². The molecule has 4 saturated carbocycles. The normalized spacial score (nSPS) is 46.1. The van der Waals surface area contributed by atoms with E-state index in [1.807, 2.05) is 0 Å². The number of ether oxygens (including phenoxy) is 4. The van der Waals surface area contributed by atoms with Crippen molar-refractivity contribution in [2.45, 2.75) is 189 Å². The molecule has 0 N–H and O–H groups in total. The fraction of sp³-hybridized carbons (Fsp3) is 0.913. The van der Waals surface area contributed by atoms with Crippen LogP contribution in [-0.2, 0) is 28.5 Å². The molecule has 2 heterocycles. The first-order valence-corrected chi connectivity index (χ1v) is 22.2. The van der Waals surface area contributed by atoms with Crippen molar-refractivity contribution in [2.24, 2.45) is 75.9 Å². The molecule has 6 nitrogen and oxygen atoms in total. The van der Waals surface area contributed by atoms with Crippen LogP contribution in [0.25, 0.3) is 0 Å². The highest BCUT2D eigenvalue weighted by Crippen LogP contribution is 2.67. The molecule has 16 atom stereocenters. The number of esters is 2. The summed E-state index contributed by atoms with van der Waals surface area (Å²) < 4.78 is 24.8. The van der Waals surface area contributed by atoms with Gasteiger partial charge in [0.2, 0.25) is 6.29 Å². The van der Waals surface area contributed by atoms with E-state index >= 15 is 0 Å². The minimum atomic E-state index is -0.627. The minimum Gasteiger partial charge on any atom is -0.462 e. The van der Waals surface area contributed by atoms with Gasteiger partial charge in [-0.1, -0.05) is 85.8 Å². The number of fused-ring (bicyclic) bond motifs is 5. The summed E-state index contributed by atoms with van der Waals surface area (Å²) in [5, 5.41) is 0. The summed E-state index contributed by atoms with van der Waals surface area (Å²) in [6.45, 7) is 19.2. The summed E-state index contributed by atoms with van der Waals surface area (Å²) in [6.07, 6.45) is 20.1. The maximum absolute atomic E-state index is 13.1. The van der Waals surface area contributed by atoms with E-state index in [0.717, 1.165) is 67.6 Å². The van der Waals surface area contributed by atoms with Gasteiger partial charge in [-0.3, -0.25) is 9.59 Å². The zero-order valence-electron chi connectivity index (χ0n) is 34.2. The first-order chi connectivity index (χ1) is 24.8. The molecule has 0 aromatic carbocycles. The lowest BCUT2D eigenvalue weighted by Crippen LogP contribution is -2.54. The van der Waals surface area contributed by atoms with E-state index in [1.54, 1.807) is 0 Å². The minimum absolute atomic E-state index is 0.0233. The van der Waals surface area contributed by atoms with Gasteiger partial charge >= 0.3 is 11.9 Å². The molecule has 5 aliphatic carbocycles. The zero-order chi connectivity index (χ0) is 36.9. The van der Waals surface area contributed by atoms with Crippen molar-refractivity contribution in [1.29, 1.82) is 0 Å². The lowest BCUT2D eigenvalue weighted by atomic mass is 9.47. The molecule has 7 rings (SSSR count). The molecular weight excluding hydrogens is 648 g/mol. The van der Waals surface area contributed by atoms with Crippen LogP contribution >= 0.6 is 0 Å². The van der Waals surface area contributed by atoms with Crippen LogP contribution in [0.4, 0.5) is 0 Å². The monoisotopic (exact) mass is 723 g/mol. The SMILES string of the molecule is CC(C)CCC[C@@H](C)[C@H]1CC[C@H]2[C@@H]3CC=C4C[C@@H](OC(=O)CCC(=O)O[C@@H]5O[C@@H]6O[C@@H](C)CCC7C6[C@@H](CC[C@H]7C)[C@H]5C)CC[C@]4(C)[C@H]3CC[C@]12C. The largest absolute Gasteiger partial charge is 0.462 e. The first-order valence-electron chi connectivity index (χ1n) is 22.2. The highest BCUT2D eigenvalue weighted by atomic mass is 16.8. The third-order valence-electron chi connectivity index (χ3n) is 17.0. The number of carbonyl (C=O) groups excluding carboxylic acids is 2. The lowest BCUT2D eigenvalue weighted by Gasteiger charge is -2.58. The van der Waals surface area contributed by atoms with Gasteiger partial charge in [0.05, 0.1) is 18.9 Å². The number of allylic oxidation sites excluding steroid dienone is 1. The van der Waals surface area contributed by atoms with Crippen LogP contribution in [0.15, 0.2) is 11.6 Å². The molecule has 7 aliphatic rings. The van der Waals surface area contributed by atoms with Crippen molar-refractivity contribution in [2.75, 3.05) is 0 Å². The number of hydrogen-bond donors (Lipinski definition) is 0. The fourth-order valence-electron chi connectivity index (χ4n) is 14.0. The second-order valence-electron chi connectivity index (χ2n) is 20.3. The Hall–Kier alpha value is -1.40. The Morgan fingerprint density at radius 2 is 1.56 bits per heavy atom. The van der Waals surface area contributed by atoms with Gasteiger partial charge in [0.1, 0.15) is 6.10 Å². The van der Waals surface area contributed by atoms with Crippen LogP contribution < -0.4 is 0 Å². The van der Waals surface area contributed by atoms with Gasteiger partial charge in [0, 0.05) is 18.3 Å². The van der Waals surface area contributed by atoms with Gasteiger partial charge in [-0.15, -0.1) is 0 Å². The first kappa shape index (κ1) is 38.9. The molecule has 0 aromatic heterocycles. The van der Waals surface area contributed by atoms with Gasteiger partial charge in [-0.05, 0) is 135 Å². The van der Waals surface area contributed by atoms with E-state index < -0.39 is 6.29 Å². The van der Waals surface area contributed by atoms with E-state index in [1.165, 1.54) is 69.8 Å². The molecule has 0 radical (unpaired) electrons. The Balaban J connectivity index is 0.895. The molecule has 0 spiro atoms. The predicted octanol–water partition coefficient (Wildman–Crippen LogP) is 11.1. The summed E-state index contributed by atoms with van der Waals surface area (Å²) in [5.41, 5.74) is 2.26. The molecule has 294 valence electrons. The lowest BCUT2D eigenvalue weighted by molar-refractivity contribution is -0.325. The second kappa shape index (κ2) is 15.6. The van der Waals surface area contributed by atoms with Gasteiger partial charge in [-0.25, -0.2) is 0 Å². The van der Waals surface area contributed by atoms with Crippen molar-refractivity contribution >= 4 is 11.9 Å². The third kappa shape index (κ3) is 7.45. The van der Waals surface area contributed by atoms with Crippen LogP contribution in [0.5, 0.6) is 0 Å². The molecule has 2 unspecified atom stereocenters. The summed E-state index contributed by atoms with van der Waals surface area (Å²) in [6, 6.07) is 0.